The molecule has 0 aliphatic carbocycles. The van der Waals surface area contributed by atoms with E-state index in [0.717, 1.165) is 0 Å². The Morgan fingerprint density at radius 1 is 0.309 bits per heavy atom. The molecule has 18 heteroatoms. The van der Waals surface area contributed by atoms with Gasteiger partial charge in [0.1, 0.15) is 11.2 Å². The number of hydrogen-bond donors (Lipinski definition) is 6. The van der Waals surface area contributed by atoms with Crippen molar-refractivity contribution in [3.63, 3.8) is 0 Å². The summed E-state index contributed by atoms with van der Waals surface area (Å²) < 4.78 is 20.4. The Morgan fingerprint density at radius 3 is 0.691 bits per heavy atom. The summed E-state index contributed by atoms with van der Waals surface area (Å²) in [6, 6.07) is 0. The van der Waals surface area contributed by atoms with Crippen molar-refractivity contribution < 1.29 is 57.3 Å². The average Bonchev–Trinajstić information content (AvgIpc) is 3.11. The Morgan fingerprint density at radius 2 is 0.500 bits per heavy atom. The van der Waals surface area contributed by atoms with E-state index in [2.05, 4.69) is 31.9 Å². The molecule has 0 atom stereocenters. The van der Waals surface area contributed by atoms with Crippen LogP contribution in [-0.4, -0.2) is 105 Å². The number of ether oxygens (including phenoxy) is 4. The van der Waals surface area contributed by atoms with E-state index in [1.807, 2.05) is 83.1 Å². The van der Waals surface area contributed by atoms with Crippen LogP contribution in [0, 0.1) is 0 Å². The van der Waals surface area contributed by atoms with Crippen molar-refractivity contribution in [2.24, 2.45) is 0 Å². The van der Waals surface area contributed by atoms with Gasteiger partial charge >= 0.3 is 24.1 Å². The van der Waals surface area contributed by atoms with Crippen molar-refractivity contribution in [2.45, 2.75) is 260 Å². The first-order valence-corrected chi connectivity index (χ1v) is 24.1. The van der Waals surface area contributed by atoms with Gasteiger partial charge in [0.15, 0.2) is 0 Å². The number of esters is 2. The molecule has 0 rings (SSSR count). The van der Waals surface area contributed by atoms with Crippen LogP contribution in [0.3, 0.4) is 0 Å². The Labute approximate surface area is 409 Å². The highest BCUT2D eigenvalue weighted by Gasteiger charge is 2.31. The number of nitrogens with one attached hydrogen (secondary N) is 6. The molecule has 0 bridgehead atoms. The van der Waals surface area contributed by atoms with Crippen LogP contribution < -0.4 is 31.9 Å². The second kappa shape index (κ2) is 28.1. The molecule has 0 saturated heterocycles. The minimum atomic E-state index is -0.612. The van der Waals surface area contributed by atoms with Gasteiger partial charge in [-0.2, -0.15) is 0 Å². The first-order valence-electron chi connectivity index (χ1n) is 24.1. The number of amides is 6. The van der Waals surface area contributed by atoms with Crippen LogP contribution in [0.1, 0.15) is 216 Å². The lowest BCUT2D eigenvalue weighted by atomic mass is 9.94. The number of alkyl carbamates (subject to hydrolysis) is 2. The highest BCUT2D eigenvalue weighted by Crippen LogP contribution is 2.20. The Bertz CT molecular complexity index is 1540. The SMILES string of the molecule is CCOC(=O)CCC(C)(C)NC(=O)CCC(C)(C)NC(=O)CCC(C)(C)NC(=O)OC(C)(C)C.CCOC(=O)CCC(C)(C)NC(=O)CCC(C)(C)NC(=O)CCC(C)(C)NC(=O)OC(C)(C)C. The number of hydrogen-bond acceptors (Lipinski definition) is 12. The minimum absolute atomic E-state index is 0.140. The maximum absolute atomic E-state index is 12.5. The molecule has 0 aromatic heterocycles. The molecule has 0 aromatic carbocycles. The van der Waals surface area contributed by atoms with Gasteiger partial charge in [0, 0.05) is 71.8 Å². The highest BCUT2D eigenvalue weighted by atomic mass is 16.6. The molecule has 0 aliphatic rings. The van der Waals surface area contributed by atoms with Crippen molar-refractivity contribution in [3.8, 4) is 0 Å². The largest absolute Gasteiger partial charge is 0.466 e. The van der Waals surface area contributed by atoms with E-state index in [0.29, 0.717) is 51.7 Å². The quantitative estimate of drug-likeness (QED) is 0.0357. The van der Waals surface area contributed by atoms with Crippen LogP contribution in [0.25, 0.3) is 0 Å². The lowest BCUT2D eigenvalue weighted by Crippen LogP contribution is -2.48. The second-order valence-electron chi connectivity index (χ2n) is 23.4. The van der Waals surface area contributed by atoms with E-state index in [1.54, 1.807) is 55.4 Å². The lowest BCUT2D eigenvalue weighted by Gasteiger charge is -2.30. The van der Waals surface area contributed by atoms with Crippen molar-refractivity contribution in [2.75, 3.05) is 13.2 Å². The molecule has 6 N–H and O–H groups in total. The van der Waals surface area contributed by atoms with Gasteiger partial charge in [0.05, 0.1) is 13.2 Å². The lowest BCUT2D eigenvalue weighted by molar-refractivity contribution is -0.144. The molecule has 0 unspecified atom stereocenters. The van der Waals surface area contributed by atoms with E-state index >= 15 is 0 Å². The summed E-state index contributed by atoms with van der Waals surface area (Å²) in [5.41, 5.74) is -4.64. The van der Waals surface area contributed by atoms with Gasteiger partial charge in [0.2, 0.25) is 23.6 Å². The van der Waals surface area contributed by atoms with Crippen LogP contribution in [0.4, 0.5) is 9.59 Å². The number of rotatable bonds is 26. The fraction of sp³-hybridized carbons (Fsp3) is 0.840. The fourth-order valence-electron chi connectivity index (χ4n) is 6.29. The van der Waals surface area contributed by atoms with E-state index < -0.39 is 56.6 Å². The summed E-state index contributed by atoms with van der Waals surface area (Å²) >= 11 is 0. The topological polar surface area (TPSA) is 246 Å². The maximum Gasteiger partial charge on any atom is 0.408 e. The third kappa shape index (κ3) is 37.4. The van der Waals surface area contributed by atoms with Crippen molar-refractivity contribution in [1.29, 1.82) is 0 Å². The molecule has 0 aromatic rings. The molecular formula is C50H94N6O12. The van der Waals surface area contributed by atoms with E-state index in [4.69, 9.17) is 18.9 Å². The molecule has 68 heavy (non-hydrogen) atoms. The normalized spacial score (nSPS) is 12.5. The zero-order valence-corrected chi connectivity index (χ0v) is 45.8. The summed E-state index contributed by atoms with van der Waals surface area (Å²) in [5.74, 6) is -1.15. The Kier molecular flexibility index (Phi) is 27.1. The summed E-state index contributed by atoms with van der Waals surface area (Å²) in [4.78, 5) is 97.0. The van der Waals surface area contributed by atoms with Crippen molar-refractivity contribution >= 4 is 47.8 Å². The van der Waals surface area contributed by atoms with Gasteiger partial charge < -0.3 is 50.8 Å². The zero-order chi connectivity index (χ0) is 53.6. The number of carbonyl (C=O) groups excluding carboxylic acids is 8. The van der Waals surface area contributed by atoms with Crippen LogP contribution in [0.5, 0.6) is 0 Å². The smallest absolute Gasteiger partial charge is 0.408 e. The van der Waals surface area contributed by atoms with E-state index in [-0.39, 0.29) is 74.1 Å². The molecule has 6 amide bonds. The van der Waals surface area contributed by atoms with Crippen LogP contribution in [-0.2, 0) is 47.7 Å². The predicted octanol–water partition coefficient (Wildman–Crippen LogP) is 7.97. The summed E-state index contributed by atoms with van der Waals surface area (Å²) in [7, 11) is 0. The molecule has 0 heterocycles. The summed E-state index contributed by atoms with van der Waals surface area (Å²) in [5, 5.41) is 17.4. The summed E-state index contributed by atoms with van der Waals surface area (Å²) in [6.45, 7) is 37.2. The van der Waals surface area contributed by atoms with Crippen LogP contribution >= 0.6 is 0 Å². The molecular weight excluding hydrogens is 877 g/mol. The zero-order valence-electron chi connectivity index (χ0n) is 45.8. The highest BCUT2D eigenvalue weighted by molar-refractivity contribution is 5.80. The minimum Gasteiger partial charge on any atom is -0.466 e. The van der Waals surface area contributed by atoms with E-state index in [9.17, 15) is 38.4 Å². The number of carbonyl (C=O) groups is 8. The van der Waals surface area contributed by atoms with E-state index in [1.165, 1.54) is 0 Å². The van der Waals surface area contributed by atoms with Gasteiger partial charge in [-0.3, -0.25) is 28.8 Å². The second-order valence-corrected chi connectivity index (χ2v) is 23.4. The third-order valence-electron chi connectivity index (χ3n) is 10.0. The van der Waals surface area contributed by atoms with Gasteiger partial charge in [-0.1, -0.05) is 0 Å². The van der Waals surface area contributed by atoms with Gasteiger partial charge in [-0.05, 0) is 177 Å². The molecule has 0 radical (unpaired) electrons. The summed E-state index contributed by atoms with van der Waals surface area (Å²) in [6.07, 6.45) is 3.09. The molecule has 18 nitrogen and oxygen atoms in total. The Hall–Kier alpha value is -4.64. The average molecular weight is 971 g/mol. The van der Waals surface area contributed by atoms with Crippen molar-refractivity contribution in [1.82, 2.24) is 31.9 Å². The van der Waals surface area contributed by atoms with Crippen LogP contribution in [0.15, 0.2) is 0 Å². The van der Waals surface area contributed by atoms with Gasteiger partial charge in [-0.15, -0.1) is 0 Å². The van der Waals surface area contributed by atoms with Gasteiger partial charge in [0.25, 0.3) is 0 Å². The monoisotopic (exact) mass is 971 g/mol. The molecule has 0 aliphatic heterocycles. The van der Waals surface area contributed by atoms with Gasteiger partial charge in [-0.25, -0.2) is 9.59 Å². The maximum atomic E-state index is 12.5. The standard InChI is InChI=1S/2C25H47N3O6/c2*1-11-33-20(31)14-17-24(7,8)27-18(29)12-15-23(5,6)26-19(30)13-16-25(9,10)28-21(32)34-22(2,3)4/h2*11-17H2,1-10H3,(H,26,30)(H,27,29)(H,28,32). The molecule has 0 saturated carbocycles. The first kappa shape index (κ1) is 65.4. The first-order chi connectivity index (χ1) is 30.5. The fourth-order valence-corrected chi connectivity index (χ4v) is 6.29. The van der Waals surface area contributed by atoms with Crippen LogP contribution in [0.2, 0.25) is 0 Å². The Balaban J connectivity index is 0. The molecule has 0 fully saturated rings. The molecule has 0 spiro atoms. The molecule has 396 valence electrons. The predicted molar refractivity (Wildman–Crippen MR) is 264 cm³/mol. The van der Waals surface area contributed by atoms with Crippen molar-refractivity contribution in [3.05, 3.63) is 0 Å². The third-order valence-corrected chi connectivity index (χ3v) is 10.0.